The molecule has 0 aromatic carbocycles. The van der Waals surface area contributed by atoms with Gasteiger partial charge in [-0.15, -0.1) is 0 Å². The Labute approximate surface area is 109 Å². The van der Waals surface area contributed by atoms with Crippen LogP contribution in [-0.4, -0.2) is 16.5 Å². The van der Waals surface area contributed by atoms with Crippen molar-refractivity contribution < 1.29 is 4.79 Å². The summed E-state index contributed by atoms with van der Waals surface area (Å²) in [5.41, 5.74) is 7.15. The van der Waals surface area contributed by atoms with Crippen molar-refractivity contribution in [2.45, 2.75) is 45.6 Å². The summed E-state index contributed by atoms with van der Waals surface area (Å²) in [6, 6.07) is 1.99. The number of hydrogen-bond acceptors (Lipinski definition) is 2. The maximum Gasteiger partial charge on any atom is 0.268 e. The van der Waals surface area contributed by atoms with E-state index in [1.807, 2.05) is 7.05 Å². The quantitative estimate of drug-likeness (QED) is 0.845. The summed E-state index contributed by atoms with van der Waals surface area (Å²) >= 11 is 0. The number of nitrogens with one attached hydrogen (secondary N) is 1. The summed E-state index contributed by atoms with van der Waals surface area (Å²) in [5.74, 6) is -0.0193. The Morgan fingerprint density at radius 3 is 2.78 bits per heavy atom. The van der Waals surface area contributed by atoms with Gasteiger partial charge in [-0.25, -0.2) is 0 Å². The van der Waals surface area contributed by atoms with E-state index in [0.29, 0.717) is 11.4 Å². The van der Waals surface area contributed by atoms with Crippen LogP contribution in [0.2, 0.25) is 0 Å². The second-order valence-electron chi connectivity index (χ2n) is 6.03. The average molecular weight is 249 g/mol. The number of rotatable bonds is 2. The number of nitrogen functional groups attached to an aromatic ring is 1. The molecule has 1 aliphatic rings. The minimum atomic E-state index is -0.0193. The molecule has 1 atom stereocenters. The van der Waals surface area contributed by atoms with Crippen molar-refractivity contribution in [1.29, 1.82) is 0 Å². The number of aromatic nitrogens is 1. The molecule has 1 aromatic heterocycles. The SMILES string of the molecule is Cn1cc(N)cc1C(=O)NC1CCCCC1(C)C. The predicted molar refractivity (Wildman–Crippen MR) is 73.3 cm³/mol. The topological polar surface area (TPSA) is 60.0 Å². The molecule has 0 spiro atoms. The smallest absolute Gasteiger partial charge is 0.268 e. The van der Waals surface area contributed by atoms with Gasteiger partial charge in [0.1, 0.15) is 5.69 Å². The van der Waals surface area contributed by atoms with E-state index >= 15 is 0 Å². The Hall–Kier alpha value is -1.45. The number of carbonyl (C=O) groups is 1. The van der Waals surface area contributed by atoms with E-state index in [1.165, 1.54) is 19.3 Å². The normalized spacial score (nSPS) is 22.7. The molecular weight excluding hydrogens is 226 g/mol. The van der Waals surface area contributed by atoms with Crippen LogP contribution in [0.5, 0.6) is 0 Å². The number of hydrogen-bond donors (Lipinski definition) is 2. The van der Waals surface area contributed by atoms with Crippen molar-refractivity contribution in [3.05, 3.63) is 18.0 Å². The van der Waals surface area contributed by atoms with E-state index in [9.17, 15) is 4.79 Å². The van der Waals surface area contributed by atoms with Gasteiger partial charge >= 0.3 is 0 Å². The maximum atomic E-state index is 12.2. The highest BCUT2D eigenvalue weighted by atomic mass is 16.2. The Morgan fingerprint density at radius 2 is 2.22 bits per heavy atom. The first-order valence-electron chi connectivity index (χ1n) is 6.63. The first kappa shape index (κ1) is 13.0. The summed E-state index contributed by atoms with van der Waals surface area (Å²) in [4.78, 5) is 12.2. The summed E-state index contributed by atoms with van der Waals surface area (Å²) in [6.07, 6.45) is 6.47. The third kappa shape index (κ3) is 2.52. The highest BCUT2D eigenvalue weighted by Gasteiger charge is 2.33. The number of anilines is 1. The van der Waals surface area contributed by atoms with E-state index in [1.54, 1.807) is 16.8 Å². The largest absolute Gasteiger partial charge is 0.397 e. The van der Waals surface area contributed by atoms with Crippen LogP contribution in [0.25, 0.3) is 0 Å². The highest BCUT2D eigenvalue weighted by molar-refractivity contribution is 5.94. The lowest BCUT2D eigenvalue weighted by Gasteiger charge is -2.39. The zero-order valence-electron chi connectivity index (χ0n) is 11.5. The van der Waals surface area contributed by atoms with E-state index < -0.39 is 0 Å². The molecule has 1 amide bonds. The molecule has 18 heavy (non-hydrogen) atoms. The van der Waals surface area contributed by atoms with Crippen LogP contribution in [0.1, 0.15) is 50.0 Å². The second kappa shape index (κ2) is 4.67. The lowest BCUT2D eigenvalue weighted by Crippen LogP contribution is -2.47. The highest BCUT2D eigenvalue weighted by Crippen LogP contribution is 2.35. The third-order valence-electron chi connectivity index (χ3n) is 4.07. The minimum absolute atomic E-state index is 0.0193. The number of aryl methyl sites for hydroxylation is 1. The number of nitrogens with zero attached hydrogens (tertiary/aromatic N) is 1. The fourth-order valence-electron chi connectivity index (χ4n) is 2.81. The van der Waals surface area contributed by atoms with Crippen molar-refractivity contribution >= 4 is 11.6 Å². The Morgan fingerprint density at radius 1 is 1.50 bits per heavy atom. The van der Waals surface area contributed by atoms with Crippen LogP contribution < -0.4 is 11.1 Å². The number of amides is 1. The number of nitrogens with two attached hydrogens (primary N) is 1. The van der Waals surface area contributed by atoms with E-state index in [4.69, 9.17) is 5.73 Å². The maximum absolute atomic E-state index is 12.2. The molecule has 1 saturated carbocycles. The fourth-order valence-corrected chi connectivity index (χ4v) is 2.81. The molecule has 1 fully saturated rings. The molecular formula is C14H23N3O. The molecule has 3 N–H and O–H groups in total. The van der Waals surface area contributed by atoms with E-state index in [-0.39, 0.29) is 17.4 Å². The average Bonchev–Trinajstić information content (AvgIpc) is 2.61. The van der Waals surface area contributed by atoms with Crippen LogP contribution in [0, 0.1) is 5.41 Å². The monoisotopic (exact) mass is 249 g/mol. The Balaban J connectivity index is 2.09. The third-order valence-corrected chi connectivity index (χ3v) is 4.07. The van der Waals surface area contributed by atoms with Gasteiger partial charge in [-0.05, 0) is 24.3 Å². The van der Waals surface area contributed by atoms with Gasteiger partial charge in [0.2, 0.25) is 0 Å². The molecule has 1 heterocycles. The standard InChI is InChI=1S/C14H23N3O/c1-14(2)7-5-4-6-12(14)16-13(18)11-8-10(15)9-17(11)3/h8-9,12H,4-7,15H2,1-3H3,(H,16,18). The molecule has 0 aliphatic heterocycles. The van der Waals surface area contributed by atoms with Gasteiger partial charge in [-0.3, -0.25) is 4.79 Å². The van der Waals surface area contributed by atoms with Crippen molar-refractivity contribution in [1.82, 2.24) is 9.88 Å². The zero-order valence-corrected chi connectivity index (χ0v) is 11.5. The van der Waals surface area contributed by atoms with Crippen LogP contribution >= 0.6 is 0 Å². The van der Waals surface area contributed by atoms with Gasteiger partial charge in [0.15, 0.2) is 0 Å². The second-order valence-corrected chi connectivity index (χ2v) is 6.03. The van der Waals surface area contributed by atoms with Gasteiger partial charge < -0.3 is 15.6 Å². The number of carbonyl (C=O) groups excluding carboxylic acids is 1. The van der Waals surface area contributed by atoms with Crippen LogP contribution in [0.4, 0.5) is 5.69 Å². The minimum Gasteiger partial charge on any atom is -0.397 e. The molecule has 4 heteroatoms. The molecule has 1 aliphatic carbocycles. The van der Waals surface area contributed by atoms with Crippen molar-refractivity contribution in [2.75, 3.05) is 5.73 Å². The van der Waals surface area contributed by atoms with Crippen molar-refractivity contribution in [3.8, 4) is 0 Å². The summed E-state index contributed by atoms with van der Waals surface area (Å²) < 4.78 is 1.78. The molecule has 2 rings (SSSR count). The molecule has 1 unspecified atom stereocenters. The lowest BCUT2D eigenvalue weighted by atomic mass is 9.73. The summed E-state index contributed by atoms with van der Waals surface area (Å²) in [7, 11) is 1.84. The lowest BCUT2D eigenvalue weighted by molar-refractivity contribution is 0.0845. The van der Waals surface area contributed by atoms with Gasteiger partial charge in [0, 0.05) is 19.3 Å². The van der Waals surface area contributed by atoms with Gasteiger partial charge in [-0.1, -0.05) is 26.7 Å². The van der Waals surface area contributed by atoms with E-state index in [2.05, 4.69) is 19.2 Å². The van der Waals surface area contributed by atoms with Crippen molar-refractivity contribution in [2.24, 2.45) is 12.5 Å². The fraction of sp³-hybridized carbons (Fsp3) is 0.643. The first-order valence-corrected chi connectivity index (χ1v) is 6.63. The molecule has 0 radical (unpaired) electrons. The van der Waals surface area contributed by atoms with Crippen LogP contribution in [-0.2, 0) is 7.05 Å². The Kier molecular flexibility index (Phi) is 3.37. The molecule has 0 bridgehead atoms. The van der Waals surface area contributed by atoms with Crippen molar-refractivity contribution in [3.63, 3.8) is 0 Å². The summed E-state index contributed by atoms with van der Waals surface area (Å²) in [6.45, 7) is 4.47. The van der Waals surface area contributed by atoms with Crippen LogP contribution in [0.3, 0.4) is 0 Å². The van der Waals surface area contributed by atoms with Gasteiger partial charge in [0.25, 0.3) is 5.91 Å². The first-order chi connectivity index (χ1) is 8.40. The zero-order chi connectivity index (χ0) is 13.3. The molecule has 1 aromatic rings. The summed E-state index contributed by atoms with van der Waals surface area (Å²) in [5, 5.41) is 3.16. The molecule has 0 saturated heterocycles. The van der Waals surface area contributed by atoms with E-state index in [0.717, 1.165) is 6.42 Å². The van der Waals surface area contributed by atoms with Gasteiger partial charge in [0.05, 0.1) is 5.69 Å². The van der Waals surface area contributed by atoms with Crippen LogP contribution in [0.15, 0.2) is 12.3 Å². The predicted octanol–water partition coefficient (Wildman–Crippen LogP) is 2.31. The Bertz CT molecular complexity index is 448. The molecule has 4 nitrogen and oxygen atoms in total. The molecule has 100 valence electrons. The van der Waals surface area contributed by atoms with Gasteiger partial charge in [-0.2, -0.15) is 0 Å².